The van der Waals surface area contributed by atoms with Crippen LogP contribution >= 0.6 is 0 Å². The molecule has 0 spiro atoms. The van der Waals surface area contributed by atoms with Gasteiger partial charge in [0, 0.05) is 0 Å². The van der Waals surface area contributed by atoms with Crippen LogP contribution in [0.1, 0.15) is 0 Å². The summed E-state index contributed by atoms with van der Waals surface area (Å²) in [6.45, 7) is 3.21. The Kier molecular flexibility index (Phi) is 27.7. The van der Waals surface area contributed by atoms with Gasteiger partial charge >= 0.3 is 23.9 Å². The van der Waals surface area contributed by atoms with E-state index in [1.165, 1.54) is 0 Å². The van der Waals surface area contributed by atoms with E-state index in [2.05, 4.69) is 9.47 Å². The molecule has 11 N–H and O–H groups in total. The SMILES string of the molecule is O=C(O)C(O)C(O)C(=O)O.O=C(OCC(O)COCC(O)COCC1CO1)C(O)C(O)C(=O)OCC(O)COCC(O)COCC1CO1.OC(COCC1CO1)COCC1CO1. The van der Waals surface area contributed by atoms with Crippen LogP contribution in [0.4, 0.5) is 0 Å². The van der Waals surface area contributed by atoms with Crippen LogP contribution < -0.4 is 0 Å². The lowest BCUT2D eigenvalue weighted by Gasteiger charge is -2.19. The van der Waals surface area contributed by atoms with Crippen LogP contribution in [0, 0.1) is 0 Å². The minimum absolute atomic E-state index is 0.0184. The van der Waals surface area contributed by atoms with E-state index in [-0.39, 0.29) is 64.1 Å². The van der Waals surface area contributed by atoms with Gasteiger partial charge in [-0.15, -0.1) is 0 Å². The van der Waals surface area contributed by atoms with Gasteiger partial charge in [0.2, 0.25) is 0 Å². The van der Waals surface area contributed by atoms with Crippen molar-refractivity contribution in [3.63, 3.8) is 0 Å². The third-order valence-electron chi connectivity index (χ3n) is 7.73. The topological polar surface area (TPSA) is 415 Å². The second kappa shape index (κ2) is 31.1. The molecule has 12 unspecified atom stereocenters. The van der Waals surface area contributed by atoms with E-state index >= 15 is 0 Å². The van der Waals surface area contributed by atoms with E-state index in [9.17, 15) is 54.9 Å². The van der Waals surface area contributed by atoms with E-state index in [4.69, 9.17) is 67.8 Å². The van der Waals surface area contributed by atoms with E-state index in [0.717, 1.165) is 13.2 Å². The van der Waals surface area contributed by atoms with Crippen molar-refractivity contribution in [2.75, 3.05) is 119 Å². The second-order valence-corrected chi connectivity index (χ2v) is 14.0. The highest BCUT2D eigenvalue weighted by molar-refractivity contribution is 5.85. The van der Waals surface area contributed by atoms with Gasteiger partial charge in [0.1, 0.15) is 68.1 Å². The molecule has 4 heterocycles. The molecule has 0 radical (unpaired) electrons. The lowest BCUT2D eigenvalue weighted by atomic mass is 10.2. The van der Waals surface area contributed by atoms with E-state index in [1.807, 2.05) is 0 Å². The maximum atomic E-state index is 11.8. The second-order valence-electron chi connectivity index (χ2n) is 14.0. The van der Waals surface area contributed by atoms with Crippen LogP contribution in [0.3, 0.4) is 0 Å². The maximum absolute atomic E-state index is 11.8. The Bertz CT molecular complexity index is 1150. The molecular formula is C35H60O27. The summed E-state index contributed by atoms with van der Waals surface area (Å²) in [4.78, 5) is 43.2. The normalized spacial score (nSPS) is 23.8. The molecule has 4 aliphatic heterocycles. The van der Waals surface area contributed by atoms with Gasteiger partial charge in [-0.25, -0.2) is 19.2 Å². The molecule has 0 aromatic heterocycles. The quantitative estimate of drug-likeness (QED) is 0.0211. The van der Waals surface area contributed by atoms with Crippen LogP contribution in [0.5, 0.6) is 0 Å². The maximum Gasteiger partial charge on any atom is 0.338 e. The fourth-order valence-corrected chi connectivity index (χ4v) is 3.98. The predicted octanol–water partition coefficient (Wildman–Crippen LogP) is -7.84. The third kappa shape index (κ3) is 28.7. The zero-order chi connectivity index (χ0) is 46.0. The molecule has 4 aliphatic rings. The number of rotatable bonds is 34. The predicted molar refractivity (Wildman–Crippen MR) is 195 cm³/mol. The molecule has 0 amide bonds. The standard InChI is InChI=1S/C22H38O16.C9H16O5.C4H6O6/c23-13(3-33-9-17-11-35-17)1-31-5-15(25)7-37-21(29)19(27)20(28)22(30)38-8-16(26)6-32-2-14(24)4-34-10-18-12-36-18;10-7(1-11-3-8-5-13-8)2-12-4-9-6-14-9;5-1(3(7)8)2(6)4(9)10/h13-20,23-28H,1-12H2;7-10H,1-6H2;1-2,5-6H,(H,7,8)(H,9,10). The third-order valence-corrected chi connectivity index (χ3v) is 7.73. The number of esters is 2. The summed E-state index contributed by atoms with van der Waals surface area (Å²) in [6, 6.07) is 0. The molecule has 362 valence electrons. The minimum atomic E-state index is -2.31. The number of epoxide rings is 4. The summed E-state index contributed by atoms with van der Waals surface area (Å²) in [5.74, 6) is -6.35. The monoisotopic (exact) mass is 912 g/mol. The summed E-state index contributed by atoms with van der Waals surface area (Å²) in [7, 11) is 0. The highest BCUT2D eigenvalue weighted by atomic mass is 16.6. The van der Waals surface area contributed by atoms with Crippen molar-refractivity contribution >= 4 is 23.9 Å². The first-order valence-electron chi connectivity index (χ1n) is 19.3. The van der Waals surface area contributed by atoms with Gasteiger partial charge in [0.25, 0.3) is 0 Å². The Morgan fingerprint density at radius 2 is 0.581 bits per heavy atom. The highest BCUT2D eigenvalue weighted by Gasteiger charge is 2.34. The molecule has 0 saturated carbocycles. The molecule has 0 bridgehead atoms. The Balaban J connectivity index is 0.000000443. The van der Waals surface area contributed by atoms with Crippen molar-refractivity contribution < 1.29 is 132 Å². The fraction of sp³-hybridized carbons (Fsp3) is 0.886. The van der Waals surface area contributed by atoms with E-state index < -0.39 is 92.0 Å². The number of aliphatic carboxylic acids is 2. The van der Waals surface area contributed by atoms with Crippen molar-refractivity contribution in [3.8, 4) is 0 Å². The largest absolute Gasteiger partial charge is 0.479 e. The zero-order valence-electron chi connectivity index (χ0n) is 33.7. The molecule has 0 aromatic carbocycles. The summed E-state index contributed by atoms with van der Waals surface area (Å²) >= 11 is 0. The van der Waals surface area contributed by atoms with E-state index in [0.29, 0.717) is 52.9 Å². The summed E-state index contributed by atoms with van der Waals surface area (Å²) in [6.07, 6.45) is -13.6. The van der Waals surface area contributed by atoms with Crippen molar-refractivity contribution in [2.24, 2.45) is 0 Å². The number of carboxylic acids is 2. The van der Waals surface area contributed by atoms with Gasteiger partial charge < -0.3 is 113 Å². The number of ether oxygens (including phenoxy) is 12. The molecule has 27 heteroatoms. The number of carbonyl (C=O) groups is 4. The Morgan fingerprint density at radius 3 is 0.790 bits per heavy atom. The number of hydrogen-bond acceptors (Lipinski definition) is 25. The first kappa shape index (κ1) is 55.3. The molecule has 27 nitrogen and oxygen atoms in total. The first-order chi connectivity index (χ1) is 29.5. The molecule has 4 fully saturated rings. The number of hydrogen-bond donors (Lipinski definition) is 11. The summed E-state index contributed by atoms with van der Waals surface area (Å²) < 4.78 is 60.1. The van der Waals surface area contributed by atoms with Gasteiger partial charge in [-0.05, 0) is 0 Å². The molecular weight excluding hydrogens is 852 g/mol. The lowest BCUT2D eigenvalue weighted by Crippen LogP contribution is -2.43. The average Bonchev–Trinajstić information content (AvgIpc) is 3.99. The highest BCUT2D eigenvalue weighted by Crippen LogP contribution is 2.11. The van der Waals surface area contributed by atoms with Crippen LogP contribution in [-0.2, 0) is 76.0 Å². The average molecular weight is 913 g/mol. The van der Waals surface area contributed by atoms with Gasteiger partial charge in [-0.1, -0.05) is 0 Å². The smallest absolute Gasteiger partial charge is 0.338 e. The minimum Gasteiger partial charge on any atom is -0.479 e. The van der Waals surface area contributed by atoms with Crippen molar-refractivity contribution in [1.82, 2.24) is 0 Å². The van der Waals surface area contributed by atoms with Gasteiger partial charge in [0.15, 0.2) is 24.4 Å². The van der Waals surface area contributed by atoms with Crippen molar-refractivity contribution in [3.05, 3.63) is 0 Å². The van der Waals surface area contributed by atoms with E-state index in [1.54, 1.807) is 0 Å². The Labute approximate surface area is 354 Å². The number of carbonyl (C=O) groups excluding carboxylic acids is 2. The van der Waals surface area contributed by atoms with Crippen LogP contribution in [-0.4, -0.2) is 278 Å². The number of aliphatic hydroxyl groups excluding tert-OH is 9. The number of aliphatic hydroxyl groups is 9. The molecule has 4 rings (SSSR count). The van der Waals surface area contributed by atoms with Crippen LogP contribution in [0.15, 0.2) is 0 Å². The van der Waals surface area contributed by atoms with Crippen molar-refractivity contribution in [1.29, 1.82) is 0 Å². The van der Waals surface area contributed by atoms with Gasteiger partial charge in [-0.3, -0.25) is 0 Å². The van der Waals surface area contributed by atoms with Gasteiger partial charge in [0.05, 0.1) is 106 Å². The molecule has 12 atom stereocenters. The molecule has 0 aliphatic carbocycles. The molecule has 0 aromatic rings. The summed E-state index contributed by atoms with van der Waals surface area (Å²) in [5, 5.41) is 100. The first-order valence-corrected chi connectivity index (χ1v) is 19.3. The Morgan fingerprint density at radius 1 is 0.371 bits per heavy atom. The van der Waals surface area contributed by atoms with Crippen molar-refractivity contribution in [2.45, 2.75) is 79.4 Å². The molecule has 4 saturated heterocycles. The number of carboxylic acid groups (broad SMARTS) is 2. The summed E-state index contributed by atoms with van der Waals surface area (Å²) in [5.41, 5.74) is 0. The zero-order valence-corrected chi connectivity index (χ0v) is 33.7. The van der Waals surface area contributed by atoms with Crippen LogP contribution in [0.2, 0.25) is 0 Å². The van der Waals surface area contributed by atoms with Gasteiger partial charge in [-0.2, -0.15) is 0 Å². The Hall–Kier alpha value is -2.88. The fourth-order valence-electron chi connectivity index (χ4n) is 3.98. The molecule has 62 heavy (non-hydrogen) atoms. The lowest BCUT2D eigenvalue weighted by molar-refractivity contribution is -0.177. The van der Waals surface area contributed by atoms with Crippen LogP contribution in [0.25, 0.3) is 0 Å².